The molecule has 7 nitrogen and oxygen atoms in total. The van der Waals surface area contributed by atoms with E-state index in [-0.39, 0.29) is 24.0 Å². The molecular weight excluding hydrogens is 503 g/mol. The number of halogens is 1. The summed E-state index contributed by atoms with van der Waals surface area (Å²) in [7, 11) is 2.00. The van der Waals surface area contributed by atoms with Crippen molar-refractivity contribution in [2.75, 3.05) is 6.54 Å². The Labute approximate surface area is 201 Å². The van der Waals surface area contributed by atoms with Gasteiger partial charge in [0, 0.05) is 30.4 Å². The van der Waals surface area contributed by atoms with Crippen LogP contribution in [0.3, 0.4) is 0 Å². The maximum atomic E-state index is 5.65. The van der Waals surface area contributed by atoms with Gasteiger partial charge in [0.25, 0.3) is 0 Å². The minimum Gasteiger partial charge on any atom is -0.444 e. The maximum absolute atomic E-state index is 5.65. The fraction of sp³-hybridized carbons (Fsp3) is 0.435. The topological polar surface area (TPSA) is 80.3 Å². The predicted octanol–water partition coefficient (Wildman–Crippen LogP) is 4.38. The highest BCUT2D eigenvalue weighted by Gasteiger charge is 2.13. The molecule has 0 saturated carbocycles. The Hall–Kier alpha value is -2.36. The Kier molecular flexibility index (Phi) is 9.54. The first-order valence-corrected chi connectivity index (χ1v) is 10.6. The van der Waals surface area contributed by atoms with Crippen molar-refractivity contribution in [2.45, 2.75) is 53.6 Å². The van der Waals surface area contributed by atoms with Gasteiger partial charge in [0.2, 0.25) is 5.89 Å². The summed E-state index contributed by atoms with van der Waals surface area (Å²) in [5.74, 6) is 1.38. The van der Waals surface area contributed by atoms with E-state index in [0.29, 0.717) is 19.0 Å². The zero-order chi connectivity index (χ0) is 21.5. The van der Waals surface area contributed by atoms with E-state index in [0.717, 1.165) is 42.3 Å². The lowest BCUT2D eigenvalue weighted by atomic mass is 10.1. The van der Waals surface area contributed by atoms with Gasteiger partial charge in [-0.05, 0) is 38.8 Å². The molecule has 0 bridgehead atoms. The number of nitrogens with zero attached hydrogens (tertiary/aromatic N) is 4. The highest BCUT2D eigenvalue weighted by Crippen LogP contribution is 2.19. The van der Waals surface area contributed by atoms with E-state index in [4.69, 9.17) is 9.41 Å². The molecule has 0 aliphatic carbocycles. The van der Waals surface area contributed by atoms with Crippen LogP contribution in [-0.2, 0) is 33.0 Å². The monoisotopic (exact) mass is 536 g/mol. The largest absolute Gasteiger partial charge is 0.444 e. The molecule has 1 aromatic carbocycles. The van der Waals surface area contributed by atoms with Crippen LogP contribution in [0.1, 0.15) is 49.0 Å². The summed E-state index contributed by atoms with van der Waals surface area (Å²) in [4.78, 5) is 9.38. The van der Waals surface area contributed by atoms with E-state index in [2.05, 4.69) is 60.5 Å². The minimum atomic E-state index is 0. The first-order valence-electron chi connectivity index (χ1n) is 10.6. The van der Waals surface area contributed by atoms with E-state index < -0.39 is 0 Å². The average Bonchev–Trinajstić information content (AvgIpc) is 3.34. The Morgan fingerprint density at radius 3 is 2.48 bits per heavy atom. The van der Waals surface area contributed by atoms with Crippen LogP contribution in [0, 0.1) is 6.92 Å². The summed E-state index contributed by atoms with van der Waals surface area (Å²) in [5.41, 5.74) is 6.61. The Bertz CT molecular complexity index is 990. The normalized spacial score (nSPS) is 11.3. The van der Waals surface area contributed by atoms with Crippen molar-refractivity contribution in [3.05, 3.63) is 58.7 Å². The molecule has 2 heterocycles. The van der Waals surface area contributed by atoms with Crippen LogP contribution in [0.25, 0.3) is 11.5 Å². The number of hydrogen-bond acceptors (Lipinski definition) is 4. The van der Waals surface area contributed by atoms with Gasteiger partial charge in [0.15, 0.2) is 5.96 Å². The molecule has 168 valence electrons. The first kappa shape index (κ1) is 24.9. The average molecular weight is 536 g/mol. The summed E-state index contributed by atoms with van der Waals surface area (Å²) in [6, 6.07) is 8.16. The lowest BCUT2D eigenvalue weighted by Gasteiger charge is -2.10. The summed E-state index contributed by atoms with van der Waals surface area (Å²) >= 11 is 0. The van der Waals surface area contributed by atoms with Crippen molar-refractivity contribution in [3.8, 4) is 11.5 Å². The van der Waals surface area contributed by atoms with E-state index in [1.54, 1.807) is 6.26 Å². The second-order valence-electron chi connectivity index (χ2n) is 7.26. The molecule has 0 amide bonds. The Morgan fingerprint density at radius 2 is 1.84 bits per heavy atom. The van der Waals surface area contributed by atoms with Gasteiger partial charge in [0.05, 0.1) is 24.5 Å². The number of aromatic nitrogens is 3. The fourth-order valence-electron chi connectivity index (χ4n) is 3.46. The second-order valence-corrected chi connectivity index (χ2v) is 7.26. The Morgan fingerprint density at radius 1 is 1.10 bits per heavy atom. The molecule has 2 N–H and O–H groups in total. The van der Waals surface area contributed by atoms with Crippen molar-refractivity contribution in [2.24, 2.45) is 12.0 Å². The fourth-order valence-corrected chi connectivity index (χ4v) is 3.46. The van der Waals surface area contributed by atoms with Crippen LogP contribution >= 0.6 is 24.0 Å². The summed E-state index contributed by atoms with van der Waals surface area (Å²) in [5, 5.41) is 11.3. The molecule has 0 aliphatic heterocycles. The zero-order valence-corrected chi connectivity index (χ0v) is 21.4. The van der Waals surface area contributed by atoms with Crippen LogP contribution in [0.15, 0.2) is 39.9 Å². The molecule has 0 unspecified atom stereocenters. The van der Waals surface area contributed by atoms with Gasteiger partial charge >= 0.3 is 0 Å². The van der Waals surface area contributed by atoms with Gasteiger partial charge in [-0.2, -0.15) is 5.10 Å². The van der Waals surface area contributed by atoms with Crippen LogP contribution in [0.2, 0.25) is 0 Å². The van der Waals surface area contributed by atoms with Crippen molar-refractivity contribution >= 4 is 29.9 Å². The first-order chi connectivity index (χ1) is 14.5. The SMILES string of the molecule is CCNC(=NCc1c(CC)nn(C)c1CC)NCc1coc(-c2ccc(C)cc2)n1.I. The lowest BCUT2D eigenvalue weighted by molar-refractivity contribution is 0.572. The van der Waals surface area contributed by atoms with Crippen molar-refractivity contribution < 1.29 is 4.42 Å². The molecular formula is C23H33IN6O. The van der Waals surface area contributed by atoms with Gasteiger partial charge in [-0.1, -0.05) is 31.5 Å². The molecule has 8 heteroatoms. The third-order valence-electron chi connectivity index (χ3n) is 5.05. The predicted molar refractivity (Wildman–Crippen MR) is 136 cm³/mol. The maximum Gasteiger partial charge on any atom is 0.226 e. The molecule has 0 atom stereocenters. The van der Waals surface area contributed by atoms with Crippen molar-refractivity contribution in [3.63, 3.8) is 0 Å². The molecule has 0 spiro atoms. The van der Waals surface area contributed by atoms with Crippen LogP contribution in [-0.4, -0.2) is 27.3 Å². The molecule has 3 aromatic rings. The quantitative estimate of drug-likeness (QED) is 0.254. The van der Waals surface area contributed by atoms with Crippen LogP contribution in [0.4, 0.5) is 0 Å². The van der Waals surface area contributed by atoms with Gasteiger partial charge in [-0.15, -0.1) is 24.0 Å². The summed E-state index contributed by atoms with van der Waals surface area (Å²) in [6.07, 6.45) is 3.54. The van der Waals surface area contributed by atoms with Crippen molar-refractivity contribution in [1.29, 1.82) is 0 Å². The number of aryl methyl sites for hydroxylation is 3. The van der Waals surface area contributed by atoms with Crippen molar-refractivity contribution in [1.82, 2.24) is 25.4 Å². The summed E-state index contributed by atoms with van der Waals surface area (Å²) < 4.78 is 7.63. The Balaban J connectivity index is 0.00000341. The van der Waals surface area contributed by atoms with Crippen LogP contribution in [0.5, 0.6) is 0 Å². The number of guanidine groups is 1. The molecule has 2 aromatic heterocycles. The van der Waals surface area contributed by atoms with E-state index in [9.17, 15) is 0 Å². The van der Waals surface area contributed by atoms with Crippen LogP contribution < -0.4 is 10.6 Å². The third-order valence-corrected chi connectivity index (χ3v) is 5.05. The molecule has 0 fully saturated rings. The molecule has 0 radical (unpaired) electrons. The lowest BCUT2D eigenvalue weighted by Crippen LogP contribution is -2.36. The number of nitrogens with one attached hydrogen (secondary N) is 2. The third kappa shape index (κ3) is 6.32. The summed E-state index contributed by atoms with van der Waals surface area (Å²) in [6.45, 7) is 10.3. The molecule has 31 heavy (non-hydrogen) atoms. The zero-order valence-electron chi connectivity index (χ0n) is 19.0. The number of hydrogen-bond donors (Lipinski definition) is 2. The second kappa shape index (κ2) is 11.9. The van der Waals surface area contributed by atoms with E-state index in [1.165, 1.54) is 16.8 Å². The highest BCUT2D eigenvalue weighted by molar-refractivity contribution is 14.0. The smallest absolute Gasteiger partial charge is 0.226 e. The number of oxazole rings is 1. The van der Waals surface area contributed by atoms with Gasteiger partial charge < -0.3 is 15.1 Å². The van der Waals surface area contributed by atoms with Gasteiger partial charge in [0.1, 0.15) is 6.26 Å². The molecule has 0 aliphatic rings. The van der Waals surface area contributed by atoms with E-state index in [1.807, 2.05) is 23.9 Å². The highest BCUT2D eigenvalue weighted by atomic mass is 127. The molecule has 3 rings (SSSR count). The van der Waals surface area contributed by atoms with Gasteiger partial charge in [-0.3, -0.25) is 4.68 Å². The number of rotatable bonds is 8. The molecule has 0 saturated heterocycles. The van der Waals surface area contributed by atoms with Gasteiger partial charge in [-0.25, -0.2) is 9.98 Å². The van der Waals surface area contributed by atoms with E-state index >= 15 is 0 Å². The standard InChI is InChI=1S/C23H32N6O.HI/c1-6-20-19(21(7-2)29(5)28-20)14-26-23(24-8-3)25-13-18-15-30-22(27-18)17-11-9-16(4)10-12-17;/h9-12,15H,6-8,13-14H2,1-5H3,(H2,24,25,26);1H. The number of benzene rings is 1. The minimum absolute atomic E-state index is 0. The number of aliphatic imine (C=N–C) groups is 1.